The first-order chi connectivity index (χ1) is 29.8. The molecule has 0 bridgehead atoms. The number of furan rings is 1. The maximum Gasteiger partial charge on any atom is 0.135 e. The number of rotatable bonds is 9. The molecular weight excluding hydrogens is 741 g/mol. The lowest BCUT2D eigenvalue weighted by Crippen LogP contribution is -2.09. The van der Waals surface area contributed by atoms with Crippen molar-refractivity contribution >= 4 is 56.1 Å². The molecule has 0 amide bonds. The van der Waals surface area contributed by atoms with Gasteiger partial charge in [0.2, 0.25) is 0 Å². The lowest BCUT2D eigenvalue weighted by molar-refractivity contribution is 0.669. The molecule has 10 rings (SSSR count). The van der Waals surface area contributed by atoms with E-state index in [9.17, 15) is 0 Å². The van der Waals surface area contributed by atoms with Gasteiger partial charge in [0.1, 0.15) is 11.2 Å². The smallest absolute Gasteiger partial charge is 0.135 e. The molecule has 0 unspecified atom stereocenters. The Bertz CT molecular complexity index is 2880. The average Bonchev–Trinajstić information content (AvgIpc) is 3.67. The lowest BCUT2D eigenvalue weighted by atomic mass is 9.92. The molecule has 61 heavy (non-hydrogen) atoms. The summed E-state index contributed by atoms with van der Waals surface area (Å²) in [5.74, 6) is 0. The van der Waals surface area contributed by atoms with Crippen molar-refractivity contribution in [3.05, 3.63) is 229 Å². The molecule has 3 heteroatoms. The number of hydrogen-bond acceptors (Lipinski definition) is 3. The van der Waals surface area contributed by atoms with Crippen LogP contribution in [0.1, 0.15) is 22.3 Å². The van der Waals surface area contributed by atoms with Crippen LogP contribution < -0.4 is 9.80 Å². The topological polar surface area (TPSA) is 19.6 Å². The van der Waals surface area contributed by atoms with Gasteiger partial charge in [-0.2, -0.15) is 0 Å². The first-order valence-corrected chi connectivity index (χ1v) is 21.0. The zero-order valence-electron chi connectivity index (χ0n) is 34.9. The van der Waals surface area contributed by atoms with E-state index < -0.39 is 0 Å². The molecule has 0 aliphatic rings. The molecule has 0 saturated heterocycles. The summed E-state index contributed by atoms with van der Waals surface area (Å²) in [6.07, 6.45) is 0. The molecule has 0 N–H and O–H groups in total. The minimum absolute atomic E-state index is 0.894. The number of hydrogen-bond donors (Lipinski definition) is 0. The molecule has 294 valence electrons. The van der Waals surface area contributed by atoms with Gasteiger partial charge >= 0.3 is 0 Å². The fraction of sp³-hybridized carbons (Fsp3) is 0.0690. The third-order valence-corrected chi connectivity index (χ3v) is 11.7. The number of nitrogens with zero attached hydrogens (tertiary/aromatic N) is 2. The van der Waals surface area contributed by atoms with Crippen LogP contribution in [-0.4, -0.2) is 0 Å². The number of para-hydroxylation sites is 1. The summed E-state index contributed by atoms with van der Waals surface area (Å²) in [5.41, 5.74) is 20.4. The fourth-order valence-electron chi connectivity index (χ4n) is 8.31. The Morgan fingerprint density at radius 3 is 0.967 bits per heavy atom. The van der Waals surface area contributed by atoms with E-state index in [1.165, 1.54) is 22.3 Å². The van der Waals surface area contributed by atoms with Crippen molar-refractivity contribution in [2.45, 2.75) is 27.7 Å². The number of fused-ring (bicyclic) bond motifs is 3. The maximum absolute atomic E-state index is 6.23. The standard InChI is InChI=1S/C58H46N2O/c1-39-9-22-49(23-10-39)59(50-24-11-40(2)12-25-50)53-30-17-43(18-31-53)46-35-47(37-48(36-46)45-21-34-58-56(38-45)55-7-5-6-8-57(55)61-58)44-19-32-54(33-20-44)60(51-26-13-41(3)14-27-51)52-28-15-42(4)16-29-52/h5-38H,1-4H3. The maximum atomic E-state index is 6.23. The van der Waals surface area contributed by atoms with Crippen LogP contribution in [0.5, 0.6) is 0 Å². The van der Waals surface area contributed by atoms with Gasteiger partial charge < -0.3 is 14.2 Å². The van der Waals surface area contributed by atoms with Crippen LogP contribution in [0.3, 0.4) is 0 Å². The molecular formula is C58H46N2O. The van der Waals surface area contributed by atoms with E-state index >= 15 is 0 Å². The summed E-state index contributed by atoms with van der Waals surface area (Å²) in [5, 5.41) is 2.24. The van der Waals surface area contributed by atoms with Crippen molar-refractivity contribution in [3.8, 4) is 33.4 Å². The second-order valence-electron chi connectivity index (χ2n) is 16.2. The Morgan fingerprint density at radius 2 is 0.574 bits per heavy atom. The predicted octanol–water partition coefficient (Wildman–Crippen LogP) is 16.8. The van der Waals surface area contributed by atoms with Gasteiger partial charge in [0.25, 0.3) is 0 Å². The van der Waals surface area contributed by atoms with E-state index in [0.717, 1.165) is 89.4 Å². The zero-order valence-corrected chi connectivity index (χ0v) is 34.9. The fourth-order valence-corrected chi connectivity index (χ4v) is 8.31. The Hall–Kier alpha value is -7.62. The molecule has 0 aliphatic heterocycles. The molecule has 0 aliphatic carbocycles. The van der Waals surface area contributed by atoms with Crippen LogP contribution in [0.4, 0.5) is 34.1 Å². The molecule has 1 heterocycles. The molecule has 0 fully saturated rings. The molecule has 9 aromatic carbocycles. The molecule has 1 aromatic heterocycles. The summed E-state index contributed by atoms with van der Waals surface area (Å²) in [6, 6.07) is 74.8. The molecule has 0 spiro atoms. The van der Waals surface area contributed by atoms with Crippen molar-refractivity contribution in [3.63, 3.8) is 0 Å². The second-order valence-corrected chi connectivity index (χ2v) is 16.2. The second kappa shape index (κ2) is 15.9. The van der Waals surface area contributed by atoms with Crippen molar-refractivity contribution in [1.82, 2.24) is 0 Å². The highest BCUT2D eigenvalue weighted by molar-refractivity contribution is 6.06. The third-order valence-electron chi connectivity index (χ3n) is 11.7. The predicted molar refractivity (Wildman–Crippen MR) is 258 cm³/mol. The van der Waals surface area contributed by atoms with Crippen LogP contribution in [0, 0.1) is 27.7 Å². The molecule has 3 nitrogen and oxygen atoms in total. The lowest BCUT2D eigenvalue weighted by Gasteiger charge is -2.26. The summed E-state index contributed by atoms with van der Waals surface area (Å²) in [6.45, 7) is 8.53. The minimum Gasteiger partial charge on any atom is -0.456 e. The van der Waals surface area contributed by atoms with E-state index in [1.807, 2.05) is 12.1 Å². The summed E-state index contributed by atoms with van der Waals surface area (Å²) in [4.78, 5) is 4.65. The summed E-state index contributed by atoms with van der Waals surface area (Å²) in [7, 11) is 0. The van der Waals surface area contributed by atoms with Gasteiger partial charge in [-0.3, -0.25) is 0 Å². The van der Waals surface area contributed by atoms with Gasteiger partial charge in [0.05, 0.1) is 0 Å². The van der Waals surface area contributed by atoms with Crippen LogP contribution in [0.25, 0.3) is 55.3 Å². The van der Waals surface area contributed by atoms with E-state index in [4.69, 9.17) is 4.42 Å². The largest absolute Gasteiger partial charge is 0.456 e. The highest BCUT2D eigenvalue weighted by atomic mass is 16.3. The molecule has 10 aromatic rings. The van der Waals surface area contributed by atoms with Crippen molar-refractivity contribution in [2.24, 2.45) is 0 Å². The average molecular weight is 787 g/mol. The van der Waals surface area contributed by atoms with Crippen molar-refractivity contribution < 1.29 is 4.42 Å². The van der Waals surface area contributed by atoms with Gasteiger partial charge in [-0.15, -0.1) is 0 Å². The van der Waals surface area contributed by atoms with Crippen molar-refractivity contribution in [1.29, 1.82) is 0 Å². The Balaban J connectivity index is 1.07. The summed E-state index contributed by atoms with van der Waals surface area (Å²) < 4.78 is 6.23. The normalized spacial score (nSPS) is 11.3. The first-order valence-electron chi connectivity index (χ1n) is 21.0. The van der Waals surface area contributed by atoms with Gasteiger partial charge in [0, 0.05) is 44.9 Å². The van der Waals surface area contributed by atoms with Crippen LogP contribution >= 0.6 is 0 Å². The highest BCUT2D eigenvalue weighted by Crippen LogP contribution is 2.41. The van der Waals surface area contributed by atoms with Crippen LogP contribution in [0.2, 0.25) is 0 Å². The molecule has 0 saturated carbocycles. The van der Waals surface area contributed by atoms with E-state index in [1.54, 1.807) is 0 Å². The van der Waals surface area contributed by atoms with Gasteiger partial charge in [-0.05, 0) is 170 Å². The van der Waals surface area contributed by atoms with E-state index in [2.05, 4.69) is 232 Å². The van der Waals surface area contributed by atoms with Gasteiger partial charge in [-0.25, -0.2) is 0 Å². The van der Waals surface area contributed by atoms with Gasteiger partial charge in [0.15, 0.2) is 0 Å². The Labute approximate surface area is 358 Å². The number of benzene rings is 9. The van der Waals surface area contributed by atoms with Crippen molar-refractivity contribution in [2.75, 3.05) is 9.80 Å². The quantitative estimate of drug-likeness (QED) is 0.145. The van der Waals surface area contributed by atoms with Crippen LogP contribution in [0.15, 0.2) is 211 Å². The zero-order chi connectivity index (χ0) is 41.5. The summed E-state index contributed by atoms with van der Waals surface area (Å²) >= 11 is 0. The highest BCUT2D eigenvalue weighted by Gasteiger charge is 2.17. The Kier molecular flexibility index (Phi) is 9.78. The SMILES string of the molecule is Cc1ccc(N(c2ccc(C)cc2)c2ccc(-c3cc(-c4ccc(N(c5ccc(C)cc5)c5ccc(C)cc5)cc4)cc(-c4ccc5oc6ccccc6c5c4)c3)cc2)cc1. The first kappa shape index (κ1) is 37.6. The Morgan fingerprint density at radius 1 is 0.262 bits per heavy atom. The van der Waals surface area contributed by atoms with Crippen LogP contribution in [-0.2, 0) is 0 Å². The minimum atomic E-state index is 0.894. The number of anilines is 6. The third kappa shape index (κ3) is 7.59. The number of aryl methyl sites for hydroxylation is 4. The van der Waals surface area contributed by atoms with Gasteiger partial charge in [-0.1, -0.05) is 119 Å². The molecule has 0 radical (unpaired) electrons. The monoisotopic (exact) mass is 786 g/mol. The van der Waals surface area contributed by atoms with E-state index in [-0.39, 0.29) is 0 Å². The van der Waals surface area contributed by atoms with E-state index in [0.29, 0.717) is 0 Å². The molecule has 0 atom stereocenters.